The highest BCUT2D eigenvalue weighted by atomic mass is 35.5. The van der Waals surface area contributed by atoms with Crippen LogP contribution in [0.2, 0.25) is 10.6 Å². The van der Waals surface area contributed by atoms with E-state index in [-0.39, 0.29) is 16.3 Å². The summed E-state index contributed by atoms with van der Waals surface area (Å²) in [7, 11) is -3.67. The van der Waals surface area contributed by atoms with Gasteiger partial charge in [-0.15, -0.1) is 0 Å². The van der Waals surface area contributed by atoms with E-state index in [2.05, 4.69) is 20.3 Å². The second kappa shape index (κ2) is 8.97. The summed E-state index contributed by atoms with van der Waals surface area (Å²) in [6.07, 6.45) is 0.471. The van der Waals surface area contributed by atoms with Crippen molar-refractivity contribution in [3.8, 4) is 0 Å². The number of nitrogens with zero attached hydrogens (tertiary/aromatic N) is 3. The minimum absolute atomic E-state index is 0.0645. The van der Waals surface area contributed by atoms with E-state index in [4.69, 9.17) is 27.8 Å². The molecule has 1 heterocycles. The number of hydrogen-bond donors (Lipinski definition) is 2. The van der Waals surface area contributed by atoms with Crippen molar-refractivity contribution in [2.24, 2.45) is 0 Å². The van der Waals surface area contributed by atoms with Crippen LogP contribution in [0.25, 0.3) is 0 Å². The molecule has 0 unspecified atom stereocenters. The molecule has 7 nitrogen and oxygen atoms in total. The van der Waals surface area contributed by atoms with E-state index in [0.29, 0.717) is 12.4 Å². The van der Waals surface area contributed by atoms with Crippen LogP contribution < -0.4 is 5.32 Å². The summed E-state index contributed by atoms with van der Waals surface area (Å²) >= 11 is 11.3. The van der Waals surface area contributed by atoms with Crippen molar-refractivity contribution < 1.29 is 13.0 Å². The minimum Gasteiger partial charge on any atom is -0.324 e. The molecule has 0 aliphatic carbocycles. The van der Waals surface area contributed by atoms with Crippen LogP contribution in [0.15, 0.2) is 24.3 Å². The summed E-state index contributed by atoms with van der Waals surface area (Å²) in [5, 5.41) is 3.11. The van der Waals surface area contributed by atoms with Gasteiger partial charge < -0.3 is 5.32 Å². The standard InChI is InChI=1S/C10H8Cl2N4.C3H8O3S/c1-6-2-4-7(5-3-6)13-10-15-8(11)14-9(12)16-10;1-2-3-7(4,5)6/h2-5H,1H3,(H,13,14,15,16);2-3H2,1H3,(H,4,5,6). The molecule has 0 aliphatic rings. The van der Waals surface area contributed by atoms with Gasteiger partial charge in [0, 0.05) is 5.69 Å². The zero-order valence-electron chi connectivity index (χ0n) is 12.5. The largest absolute Gasteiger partial charge is 0.324 e. The van der Waals surface area contributed by atoms with E-state index in [9.17, 15) is 8.42 Å². The highest BCUT2D eigenvalue weighted by Crippen LogP contribution is 2.16. The topological polar surface area (TPSA) is 105 Å². The summed E-state index contributed by atoms with van der Waals surface area (Å²) in [5.74, 6) is 0.196. The lowest BCUT2D eigenvalue weighted by Crippen LogP contribution is -2.01. The molecule has 2 aromatic rings. The molecule has 0 radical (unpaired) electrons. The molecule has 10 heteroatoms. The molecule has 0 spiro atoms. The average molecular weight is 379 g/mol. The van der Waals surface area contributed by atoms with Crippen molar-refractivity contribution in [1.29, 1.82) is 0 Å². The van der Waals surface area contributed by atoms with Crippen molar-refractivity contribution in [3.63, 3.8) is 0 Å². The summed E-state index contributed by atoms with van der Waals surface area (Å²) in [5.41, 5.74) is 2.04. The van der Waals surface area contributed by atoms with Crippen LogP contribution >= 0.6 is 23.2 Å². The smallest absolute Gasteiger partial charge is 0.264 e. The summed E-state index contributed by atoms with van der Waals surface area (Å²) in [6, 6.07) is 7.79. The fourth-order valence-electron chi connectivity index (χ4n) is 1.41. The van der Waals surface area contributed by atoms with Gasteiger partial charge in [0.25, 0.3) is 10.1 Å². The Morgan fingerprint density at radius 1 is 1.09 bits per heavy atom. The second-order valence-electron chi connectivity index (χ2n) is 4.47. The predicted octanol–water partition coefficient (Wildman–Crippen LogP) is 3.51. The van der Waals surface area contributed by atoms with E-state index < -0.39 is 10.1 Å². The molecule has 23 heavy (non-hydrogen) atoms. The lowest BCUT2D eigenvalue weighted by molar-refractivity contribution is 0.482. The van der Waals surface area contributed by atoms with E-state index in [0.717, 1.165) is 5.69 Å². The third kappa shape index (κ3) is 8.65. The quantitative estimate of drug-likeness (QED) is 0.783. The molecule has 126 valence electrons. The normalized spacial score (nSPS) is 10.7. The van der Waals surface area contributed by atoms with Gasteiger partial charge in [-0.3, -0.25) is 4.55 Å². The number of rotatable bonds is 4. The van der Waals surface area contributed by atoms with Gasteiger partial charge in [0.15, 0.2) is 0 Å². The number of aromatic nitrogens is 3. The highest BCUT2D eigenvalue weighted by Gasteiger charge is 2.03. The van der Waals surface area contributed by atoms with E-state index in [1.54, 1.807) is 6.92 Å². The first-order valence-corrected chi connectivity index (χ1v) is 8.92. The Morgan fingerprint density at radius 2 is 1.61 bits per heavy atom. The van der Waals surface area contributed by atoms with Crippen LogP contribution in [0, 0.1) is 6.92 Å². The van der Waals surface area contributed by atoms with Crippen LogP contribution in [0.3, 0.4) is 0 Å². The maximum atomic E-state index is 9.79. The minimum atomic E-state index is -3.67. The molecule has 2 rings (SSSR count). The molecule has 1 aromatic carbocycles. The number of anilines is 2. The molecular weight excluding hydrogens is 363 g/mol. The van der Waals surface area contributed by atoms with Crippen molar-refractivity contribution in [2.75, 3.05) is 11.1 Å². The first-order chi connectivity index (χ1) is 10.7. The molecule has 0 aliphatic heterocycles. The monoisotopic (exact) mass is 378 g/mol. The zero-order chi connectivity index (χ0) is 17.5. The van der Waals surface area contributed by atoms with Gasteiger partial charge in [-0.05, 0) is 48.7 Å². The number of halogens is 2. The molecule has 0 saturated heterocycles. The van der Waals surface area contributed by atoms with Crippen LogP contribution in [0.1, 0.15) is 18.9 Å². The summed E-state index contributed by atoms with van der Waals surface area (Å²) < 4.78 is 27.6. The lowest BCUT2D eigenvalue weighted by atomic mass is 10.2. The first kappa shape index (κ1) is 19.6. The highest BCUT2D eigenvalue weighted by molar-refractivity contribution is 7.85. The van der Waals surface area contributed by atoms with Crippen molar-refractivity contribution in [1.82, 2.24) is 15.0 Å². The van der Waals surface area contributed by atoms with Gasteiger partial charge in [-0.2, -0.15) is 23.4 Å². The fraction of sp³-hybridized carbons (Fsp3) is 0.308. The molecule has 0 fully saturated rings. The third-order valence-corrected chi connectivity index (χ3v) is 3.61. The first-order valence-electron chi connectivity index (χ1n) is 6.55. The Morgan fingerprint density at radius 3 is 2.00 bits per heavy atom. The maximum Gasteiger partial charge on any atom is 0.264 e. The van der Waals surface area contributed by atoms with E-state index in [1.807, 2.05) is 31.2 Å². The van der Waals surface area contributed by atoms with Gasteiger partial charge in [-0.25, -0.2) is 0 Å². The van der Waals surface area contributed by atoms with Crippen LogP contribution in [0.4, 0.5) is 11.6 Å². The average Bonchev–Trinajstić information content (AvgIpc) is 2.39. The number of hydrogen-bond acceptors (Lipinski definition) is 6. The zero-order valence-corrected chi connectivity index (χ0v) is 14.8. The van der Waals surface area contributed by atoms with Crippen molar-refractivity contribution >= 4 is 45.0 Å². The van der Waals surface area contributed by atoms with Crippen LogP contribution in [-0.2, 0) is 10.1 Å². The van der Waals surface area contributed by atoms with Gasteiger partial charge in [-0.1, -0.05) is 24.6 Å². The van der Waals surface area contributed by atoms with E-state index >= 15 is 0 Å². The predicted molar refractivity (Wildman–Crippen MR) is 91.0 cm³/mol. The molecule has 0 saturated carbocycles. The number of benzene rings is 1. The maximum absolute atomic E-state index is 9.79. The fourth-order valence-corrected chi connectivity index (χ4v) is 2.29. The summed E-state index contributed by atoms with van der Waals surface area (Å²) in [6.45, 7) is 3.70. The Labute approximate surface area is 144 Å². The Kier molecular flexibility index (Phi) is 7.63. The van der Waals surface area contributed by atoms with Gasteiger partial charge in [0.05, 0.1) is 5.75 Å². The van der Waals surface area contributed by atoms with Crippen LogP contribution in [0.5, 0.6) is 0 Å². The lowest BCUT2D eigenvalue weighted by Gasteiger charge is -2.04. The Bertz CT molecular complexity index is 719. The van der Waals surface area contributed by atoms with Crippen molar-refractivity contribution in [2.45, 2.75) is 20.3 Å². The molecule has 0 atom stereocenters. The molecule has 0 amide bonds. The SMILES string of the molecule is CCCS(=O)(=O)O.Cc1ccc(Nc2nc(Cl)nc(Cl)n2)cc1. The van der Waals surface area contributed by atoms with E-state index in [1.165, 1.54) is 5.56 Å². The molecule has 1 aromatic heterocycles. The Balaban J connectivity index is 0.000000322. The van der Waals surface area contributed by atoms with Gasteiger partial charge in [0.2, 0.25) is 16.5 Å². The summed E-state index contributed by atoms with van der Waals surface area (Å²) in [4.78, 5) is 11.5. The number of nitrogens with one attached hydrogen (secondary N) is 1. The second-order valence-corrected chi connectivity index (χ2v) is 6.72. The molecule has 0 bridgehead atoms. The van der Waals surface area contributed by atoms with Gasteiger partial charge >= 0.3 is 0 Å². The van der Waals surface area contributed by atoms with Gasteiger partial charge in [0.1, 0.15) is 0 Å². The number of aryl methyl sites for hydroxylation is 1. The molecular formula is C13H16Cl2N4O3S. The van der Waals surface area contributed by atoms with Crippen LogP contribution in [-0.4, -0.2) is 33.7 Å². The Hall–Kier alpha value is -1.48. The molecule has 2 N–H and O–H groups in total. The van der Waals surface area contributed by atoms with Crippen molar-refractivity contribution in [3.05, 3.63) is 40.4 Å². The third-order valence-electron chi connectivity index (χ3n) is 2.35.